The van der Waals surface area contributed by atoms with Crippen molar-refractivity contribution in [3.8, 4) is 34.1 Å². The zero-order chi connectivity index (χ0) is 23.8. The maximum atomic E-state index is 6.70. The van der Waals surface area contributed by atoms with Crippen LogP contribution in [0.1, 0.15) is 0 Å². The van der Waals surface area contributed by atoms with E-state index in [1.54, 1.807) is 37.4 Å². The fraction of sp³-hybridized carbons (Fsp3) is 0.304. The Labute approximate surface area is 206 Å². The molecular formula is C23H22Cl2N6O3. The predicted octanol–water partition coefficient (Wildman–Crippen LogP) is 4.25. The molecule has 4 heterocycles. The number of anilines is 1. The first kappa shape index (κ1) is 22.6. The van der Waals surface area contributed by atoms with Crippen LogP contribution in [0.3, 0.4) is 0 Å². The second-order valence-electron chi connectivity index (χ2n) is 7.75. The van der Waals surface area contributed by atoms with Gasteiger partial charge in [0.25, 0.3) is 0 Å². The van der Waals surface area contributed by atoms with E-state index in [1.807, 2.05) is 19.3 Å². The number of morpholine rings is 1. The summed E-state index contributed by atoms with van der Waals surface area (Å²) in [6, 6.07) is 3.53. The molecule has 0 saturated carbocycles. The minimum absolute atomic E-state index is 0.348. The Hall–Kier alpha value is -3.14. The Kier molecular flexibility index (Phi) is 6.16. The van der Waals surface area contributed by atoms with Crippen LogP contribution in [0.5, 0.6) is 11.5 Å². The molecule has 0 bridgehead atoms. The molecule has 1 aromatic carbocycles. The number of rotatable bonds is 5. The lowest BCUT2D eigenvalue weighted by molar-refractivity contribution is 0.122. The zero-order valence-corrected chi connectivity index (χ0v) is 20.4. The summed E-state index contributed by atoms with van der Waals surface area (Å²) in [4.78, 5) is 16.6. The average Bonchev–Trinajstić information content (AvgIpc) is 3.30. The van der Waals surface area contributed by atoms with Gasteiger partial charge in [0, 0.05) is 49.5 Å². The van der Waals surface area contributed by atoms with Gasteiger partial charge in [-0.05, 0) is 6.07 Å². The SMILES string of the molecule is COc1cc(OC)c(Cl)c(-c2cc3cnc(-c4cnn(C)c4)nc3c(N3CCOCC3)n2)c1Cl. The van der Waals surface area contributed by atoms with Gasteiger partial charge in [-0.15, -0.1) is 0 Å². The molecule has 0 amide bonds. The van der Waals surface area contributed by atoms with Gasteiger partial charge < -0.3 is 19.1 Å². The van der Waals surface area contributed by atoms with Crippen molar-refractivity contribution in [2.24, 2.45) is 7.05 Å². The van der Waals surface area contributed by atoms with E-state index >= 15 is 0 Å². The van der Waals surface area contributed by atoms with Crippen LogP contribution in [-0.4, -0.2) is 65.3 Å². The first-order valence-corrected chi connectivity index (χ1v) is 11.4. The topological polar surface area (TPSA) is 87.4 Å². The Morgan fingerprint density at radius 3 is 2.29 bits per heavy atom. The molecule has 5 rings (SSSR count). The molecule has 3 aromatic heterocycles. The lowest BCUT2D eigenvalue weighted by Crippen LogP contribution is -2.37. The largest absolute Gasteiger partial charge is 0.495 e. The Morgan fingerprint density at radius 2 is 1.68 bits per heavy atom. The second kappa shape index (κ2) is 9.25. The number of halogens is 2. The molecule has 1 aliphatic heterocycles. The van der Waals surface area contributed by atoms with Crippen molar-refractivity contribution in [2.45, 2.75) is 0 Å². The lowest BCUT2D eigenvalue weighted by atomic mass is 10.1. The van der Waals surface area contributed by atoms with E-state index < -0.39 is 0 Å². The standard InChI is InChI=1S/C23H22Cl2N6O3/c1-30-12-14(11-27-30)22-26-10-13-8-15(18-19(24)16(32-2)9-17(33-3)20(18)25)28-23(21(13)29-22)31-4-6-34-7-5-31/h8-12H,4-7H2,1-3H3. The Bertz CT molecular complexity index is 1340. The highest BCUT2D eigenvalue weighted by molar-refractivity contribution is 6.41. The molecule has 34 heavy (non-hydrogen) atoms. The summed E-state index contributed by atoms with van der Waals surface area (Å²) in [5.74, 6) is 2.16. The number of fused-ring (bicyclic) bond motifs is 1. The number of aromatic nitrogens is 5. The number of benzene rings is 1. The maximum absolute atomic E-state index is 6.70. The highest BCUT2D eigenvalue weighted by atomic mass is 35.5. The molecule has 176 valence electrons. The summed E-state index contributed by atoms with van der Waals surface area (Å²) in [7, 11) is 4.94. The zero-order valence-electron chi connectivity index (χ0n) is 18.9. The van der Waals surface area contributed by atoms with Crippen LogP contribution < -0.4 is 14.4 Å². The summed E-state index contributed by atoms with van der Waals surface area (Å²) < 4.78 is 18.2. The molecule has 1 fully saturated rings. The van der Waals surface area contributed by atoms with E-state index in [1.165, 1.54) is 0 Å². The van der Waals surface area contributed by atoms with Crippen molar-refractivity contribution < 1.29 is 14.2 Å². The van der Waals surface area contributed by atoms with E-state index in [2.05, 4.69) is 15.0 Å². The molecule has 0 aliphatic carbocycles. The van der Waals surface area contributed by atoms with Crippen molar-refractivity contribution in [1.82, 2.24) is 24.7 Å². The first-order valence-electron chi connectivity index (χ1n) is 10.6. The number of hydrogen-bond acceptors (Lipinski definition) is 8. The molecular weight excluding hydrogens is 479 g/mol. The molecule has 4 aromatic rings. The monoisotopic (exact) mass is 500 g/mol. The number of nitrogens with zero attached hydrogens (tertiary/aromatic N) is 6. The third-order valence-electron chi connectivity index (χ3n) is 5.65. The normalized spacial score (nSPS) is 14.0. The summed E-state index contributed by atoms with van der Waals surface area (Å²) in [6.07, 6.45) is 5.39. The minimum Gasteiger partial charge on any atom is -0.495 e. The van der Waals surface area contributed by atoms with E-state index in [0.29, 0.717) is 70.7 Å². The Morgan fingerprint density at radius 1 is 0.971 bits per heavy atom. The third-order valence-corrected chi connectivity index (χ3v) is 6.40. The summed E-state index contributed by atoms with van der Waals surface area (Å²) >= 11 is 13.4. The van der Waals surface area contributed by atoms with Gasteiger partial charge in [-0.3, -0.25) is 4.68 Å². The van der Waals surface area contributed by atoms with Crippen molar-refractivity contribution in [3.63, 3.8) is 0 Å². The van der Waals surface area contributed by atoms with Gasteiger partial charge >= 0.3 is 0 Å². The smallest absolute Gasteiger partial charge is 0.163 e. The molecule has 0 atom stereocenters. The number of ether oxygens (including phenoxy) is 3. The van der Waals surface area contributed by atoms with Crippen molar-refractivity contribution >= 4 is 39.9 Å². The van der Waals surface area contributed by atoms with Crippen molar-refractivity contribution in [2.75, 3.05) is 45.4 Å². The molecule has 9 nitrogen and oxygen atoms in total. The highest BCUT2D eigenvalue weighted by Gasteiger charge is 2.24. The summed E-state index contributed by atoms with van der Waals surface area (Å²) in [6.45, 7) is 2.56. The first-order chi connectivity index (χ1) is 16.5. The molecule has 0 spiro atoms. The van der Waals surface area contributed by atoms with Gasteiger partial charge in [0.15, 0.2) is 11.6 Å². The molecule has 1 saturated heterocycles. The highest BCUT2D eigenvalue weighted by Crippen LogP contribution is 2.46. The van der Waals surface area contributed by atoms with Gasteiger partial charge in [-0.1, -0.05) is 23.2 Å². The molecule has 0 unspecified atom stereocenters. The number of hydrogen-bond donors (Lipinski definition) is 0. The molecule has 11 heteroatoms. The van der Waals surface area contributed by atoms with Crippen molar-refractivity contribution in [1.29, 1.82) is 0 Å². The van der Waals surface area contributed by atoms with E-state index in [9.17, 15) is 0 Å². The van der Waals surface area contributed by atoms with Gasteiger partial charge in [0.2, 0.25) is 0 Å². The van der Waals surface area contributed by atoms with E-state index in [4.69, 9.17) is 47.4 Å². The van der Waals surface area contributed by atoms with Crippen LogP contribution in [0.25, 0.3) is 33.5 Å². The molecule has 0 N–H and O–H groups in total. The number of pyridine rings is 1. The van der Waals surface area contributed by atoms with Crippen LogP contribution >= 0.6 is 23.2 Å². The van der Waals surface area contributed by atoms with Crippen molar-refractivity contribution in [3.05, 3.63) is 40.8 Å². The number of aryl methyl sites for hydroxylation is 1. The lowest BCUT2D eigenvalue weighted by Gasteiger charge is -2.29. The van der Waals surface area contributed by atoms with Gasteiger partial charge in [-0.2, -0.15) is 5.10 Å². The van der Waals surface area contributed by atoms with Crippen LogP contribution in [0, 0.1) is 0 Å². The van der Waals surface area contributed by atoms with Gasteiger partial charge in [0.1, 0.15) is 17.0 Å². The van der Waals surface area contributed by atoms with Crippen LogP contribution in [0.4, 0.5) is 5.82 Å². The number of methoxy groups -OCH3 is 2. The second-order valence-corrected chi connectivity index (χ2v) is 8.50. The third kappa shape index (κ3) is 4.00. The average molecular weight is 501 g/mol. The van der Waals surface area contributed by atoms with Crippen LogP contribution in [0.15, 0.2) is 30.7 Å². The summed E-state index contributed by atoms with van der Waals surface area (Å²) in [5.41, 5.74) is 2.64. The fourth-order valence-corrected chi connectivity index (χ4v) is 4.63. The predicted molar refractivity (Wildman–Crippen MR) is 131 cm³/mol. The molecule has 0 radical (unpaired) electrons. The maximum Gasteiger partial charge on any atom is 0.163 e. The minimum atomic E-state index is 0.348. The van der Waals surface area contributed by atoms with Crippen LogP contribution in [-0.2, 0) is 11.8 Å². The van der Waals surface area contributed by atoms with Crippen LogP contribution in [0.2, 0.25) is 10.0 Å². The Balaban J connectivity index is 1.75. The molecule has 1 aliphatic rings. The van der Waals surface area contributed by atoms with Gasteiger partial charge in [-0.25, -0.2) is 15.0 Å². The van der Waals surface area contributed by atoms with Gasteiger partial charge in [0.05, 0.1) is 54.9 Å². The summed E-state index contributed by atoms with van der Waals surface area (Å²) in [5, 5.41) is 5.73. The fourth-order valence-electron chi connectivity index (χ4n) is 3.93. The van der Waals surface area contributed by atoms with E-state index in [-0.39, 0.29) is 0 Å². The van der Waals surface area contributed by atoms with E-state index in [0.717, 1.165) is 16.5 Å². The quantitative estimate of drug-likeness (QED) is 0.401.